The van der Waals surface area contributed by atoms with E-state index < -0.39 is 0 Å². The predicted octanol–water partition coefficient (Wildman–Crippen LogP) is 3.27. The first kappa shape index (κ1) is 11.0. The van der Waals surface area contributed by atoms with Crippen LogP contribution < -0.4 is 0 Å². The van der Waals surface area contributed by atoms with E-state index in [4.69, 9.17) is 4.74 Å². The minimum absolute atomic E-state index is 0.657. The van der Waals surface area contributed by atoms with Gasteiger partial charge in [0.05, 0.1) is 13.2 Å². The Labute approximate surface area is 93.6 Å². The number of halogens is 1. The molecule has 0 fully saturated rings. The van der Waals surface area contributed by atoms with Gasteiger partial charge in [-0.1, -0.05) is 59.8 Å². The van der Waals surface area contributed by atoms with Crippen LogP contribution in [0.1, 0.15) is 12.5 Å². The maximum absolute atomic E-state index is 5.57. The van der Waals surface area contributed by atoms with Crippen molar-refractivity contribution in [3.63, 3.8) is 0 Å². The van der Waals surface area contributed by atoms with E-state index in [1.54, 1.807) is 0 Å². The quantitative estimate of drug-likeness (QED) is 0.597. The van der Waals surface area contributed by atoms with Gasteiger partial charge in [-0.15, -0.1) is 0 Å². The van der Waals surface area contributed by atoms with Crippen molar-refractivity contribution in [2.75, 3.05) is 11.0 Å². The zero-order chi connectivity index (χ0) is 9.52. The molecule has 0 heterocycles. The molecule has 0 radical (unpaired) electrons. The van der Waals surface area contributed by atoms with E-state index in [1.165, 1.54) is 5.56 Å². The summed E-state index contributed by atoms with van der Waals surface area (Å²) in [7, 11) is 0. The first-order valence-electron chi connectivity index (χ1n) is 4.50. The molecule has 0 saturated heterocycles. The fourth-order valence-corrected chi connectivity index (χ4v) is 1.25. The second-order valence-electron chi connectivity index (χ2n) is 3.26. The molecule has 1 rings (SSSR count). The summed E-state index contributed by atoms with van der Waals surface area (Å²) in [5.41, 5.74) is 1.25. The number of hydrogen-bond donors (Lipinski definition) is 0. The van der Waals surface area contributed by atoms with E-state index >= 15 is 0 Å². The first-order valence-corrected chi connectivity index (χ1v) is 6.03. The Morgan fingerprint density at radius 2 is 2.00 bits per heavy atom. The van der Waals surface area contributed by atoms with Crippen molar-refractivity contribution >= 4 is 22.6 Å². The molecule has 0 bridgehead atoms. The fraction of sp³-hybridized carbons (Fsp3) is 0.455. The van der Waals surface area contributed by atoms with E-state index in [2.05, 4.69) is 41.6 Å². The Morgan fingerprint density at radius 1 is 1.31 bits per heavy atom. The molecule has 0 aromatic heterocycles. The summed E-state index contributed by atoms with van der Waals surface area (Å²) in [6.07, 6.45) is 0. The molecule has 1 aromatic rings. The minimum Gasteiger partial charge on any atom is -0.376 e. The highest BCUT2D eigenvalue weighted by Crippen LogP contribution is 2.04. The van der Waals surface area contributed by atoms with Crippen LogP contribution in [0, 0.1) is 5.92 Å². The zero-order valence-corrected chi connectivity index (χ0v) is 10.0. The van der Waals surface area contributed by atoms with Gasteiger partial charge in [0.15, 0.2) is 0 Å². The van der Waals surface area contributed by atoms with Gasteiger partial charge >= 0.3 is 0 Å². The predicted molar refractivity (Wildman–Crippen MR) is 64.1 cm³/mol. The molecule has 1 aromatic carbocycles. The van der Waals surface area contributed by atoms with Crippen LogP contribution in [0.2, 0.25) is 0 Å². The highest BCUT2D eigenvalue weighted by molar-refractivity contribution is 14.1. The van der Waals surface area contributed by atoms with Crippen molar-refractivity contribution < 1.29 is 4.74 Å². The molecule has 2 heteroatoms. The number of alkyl halides is 1. The molecule has 72 valence electrons. The van der Waals surface area contributed by atoms with E-state index in [-0.39, 0.29) is 0 Å². The number of benzene rings is 1. The standard InChI is InChI=1S/C11H15IO/c1-10(7-12)8-13-9-11-5-3-2-4-6-11/h2-6,10H,7-9H2,1H3/t10-/m0/s1. The van der Waals surface area contributed by atoms with Crippen molar-refractivity contribution in [2.45, 2.75) is 13.5 Å². The lowest BCUT2D eigenvalue weighted by Gasteiger charge is -2.08. The third kappa shape index (κ3) is 4.62. The third-order valence-electron chi connectivity index (χ3n) is 1.78. The average Bonchev–Trinajstić information content (AvgIpc) is 2.19. The van der Waals surface area contributed by atoms with Crippen LogP contribution >= 0.6 is 22.6 Å². The van der Waals surface area contributed by atoms with Gasteiger partial charge in [0.2, 0.25) is 0 Å². The van der Waals surface area contributed by atoms with E-state index in [0.717, 1.165) is 17.6 Å². The molecular weight excluding hydrogens is 275 g/mol. The molecule has 0 N–H and O–H groups in total. The fourth-order valence-electron chi connectivity index (χ4n) is 0.997. The normalized spacial score (nSPS) is 12.8. The highest BCUT2D eigenvalue weighted by atomic mass is 127. The number of ether oxygens (including phenoxy) is 1. The van der Waals surface area contributed by atoms with Gasteiger partial charge in [0, 0.05) is 4.43 Å². The minimum atomic E-state index is 0.657. The van der Waals surface area contributed by atoms with Crippen LogP contribution in [0.5, 0.6) is 0 Å². The van der Waals surface area contributed by atoms with Crippen molar-refractivity contribution in [1.82, 2.24) is 0 Å². The summed E-state index contributed by atoms with van der Waals surface area (Å²) >= 11 is 2.39. The van der Waals surface area contributed by atoms with Crippen molar-refractivity contribution in [2.24, 2.45) is 5.92 Å². The van der Waals surface area contributed by atoms with E-state index in [9.17, 15) is 0 Å². The largest absolute Gasteiger partial charge is 0.376 e. The van der Waals surface area contributed by atoms with E-state index in [1.807, 2.05) is 18.2 Å². The second-order valence-corrected chi connectivity index (χ2v) is 4.14. The van der Waals surface area contributed by atoms with Crippen molar-refractivity contribution in [3.8, 4) is 0 Å². The molecule has 0 amide bonds. The Hall–Kier alpha value is -0.0900. The molecule has 1 atom stereocenters. The molecule has 1 nitrogen and oxygen atoms in total. The average molecular weight is 290 g/mol. The van der Waals surface area contributed by atoms with Crippen molar-refractivity contribution in [3.05, 3.63) is 35.9 Å². The highest BCUT2D eigenvalue weighted by Gasteiger charge is 1.99. The molecule has 0 aliphatic rings. The van der Waals surface area contributed by atoms with Gasteiger partial charge in [-0.2, -0.15) is 0 Å². The van der Waals surface area contributed by atoms with Gasteiger partial charge in [-0.25, -0.2) is 0 Å². The topological polar surface area (TPSA) is 9.23 Å². The van der Waals surface area contributed by atoms with Gasteiger partial charge in [-0.05, 0) is 11.5 Å². The first-order chi connectivity index (χ1) is 6.33. The Morgan fingerprint density at radius 3 is 2.62 bits per heavy atom. The Kier molecular flexibility index (Phi) is 5.39. The lowest BCUT2D eigenvalue weighted by molar-refractivity contribution is 0.0989. The molecule has 13 heavy (non-hydrogen) atoms. The Balaban J connectivity index is 2.20. The van der Waals surface area contributed by atoms with Crippen LogP contribution in [0.25, 0.3) is 0 Å². The summed E-state index contributed by atoms with van der Waals surface area (Å²) in [5.74, 6) is 0.657. The molecule has 0 aliphatic carbocycles. The number of hydrogen-bond acceptors (Lipinski definition) is 1. The van der Waals surface area contributed by atoms with Crippen LogP contribution in [-0.4, -0.2) is 11.0 Å². The molecule has 0 spiro atoms. The Bertz CT molecular complexity index is 223. The summed E-state index contributed by atoms with van der Waals surface area (Å²) in [6.45, 7) is 3.80. The second kappa shape index (κ2) is 6.38. The smallest absolute Gasteiger partial charge is 0.0717 e. The maximum Gasteiger partial charge on any atom is 0.0717 e. The van der Waals surface area contributed by atoms with Gasteiger partial charge in [0.25, 0.3) is 0 Å². The third-order valence-corrected chi connectivity index (χ3v) is 3.28. The summed E-state index contributed by atoms with van der Waals surface area (Å²) in [4.78, 5) is 0. The van der Waals surface area contributed by atoms with E-state index in [0.29, 0.717) is 5.92 Å². The monoisotopic (exact) mass is 290 g/mol. The summed E-state index contributed by atoms with van der Waals surface area (Å²) in [6, 6.07) is 10.3. The molecule has 0 unspecified atom stereocenters. The lowest BCUT2D eigenvalue weighted by atomic mass is 10.2. The zero-order valence-electron chi connectivity index (χ0n) is 7.87. The van der Waals surface area contributed by atoms with Crippen LogP contribution in [0.4, 0.5) is 0 Å². The van der Waals surface area contributed by atoms with Crippen molar-refractivity contribution in [1.29, 1.82) is 0 Å². The summed E-state index contributed by atoms with van der Waals surface area (Å²) in [5, 5.41) is 0. The van der Waals surface area contributed by atoms with Crippen LogP contribution in [-0.2, 0) is 11.3 Å². The number of rotatable bonds is 5. The summed E-state index contributed by atoms with van der Waals surface area (Å²) < 4.78 is 6.73. The van der Waals surface area contributed by atoms with Crippen LogP contribution in [0.15, 0.2) is 30.3 Å². The molecule has 0 saturated carbocycles. The van der Waals surface area contributed by atoms with Gasteiger partial charge < -0.3 is 4.74 Å². The maximum atomic E-state index is 5.57. The van der Waals surface area contributed by atoms with Gasteiger partial charge in [0.1, 0.15) is 0 Å². The SMILES string of the molecule is C[C@@H](CI)COCc1ccccc1. The van der Waals surface area contributed by atoms with Crippen LogP contribution in [0.3, 0.4) is 0 Å². The molecular formula is C11H15IO. The van der Waals surface area contributed by atoms with Gasteiger partial charge in [-0.3, -0.25) is 0 Å². The molecule has 0 aliphatic heterocycles. The lowest BCUT2D eigenvalue weighted by Crippen LogP contribution is -2.06.